The van der Waals surface area contributed by atoms with Gasteiger partial charge in [0.25, 0.3) is 0 Å². The molecule has 0 radical (unpaired) electrons. The van der Waals surface area contributed by atoms with E-state index in [4.69, 9.17) is 5.73 Å². The van der Waals surface area contributed by atoms with Crippen molar-refractivity contribution in [3.05, 3.63) is 38.2 Å². The number of nitrogens with two attached hydrogens (primary N) is 1. The van der Waals surface area contributed by atoms with Crippen molar-refractivity contribution in [1.82, 2.24) is 9.97 Å². The minimum atomic E-state index is -0.467. The molecule has 7 nitrogen and oxygen atoms in total. The third-order valence-electron chi connectivity index (χ3n) is 2.88. The molecule has 106 valence electrons. The van der Waals surface area contributed by atoms with Crippen LogP contribution in [0.1, 0.15) is 10.6 Å². The highest BCUT2D eigenvalue weighted by Gasteiger charge is 2.24. The maximum atomic E-state index is 11.2. The Morgan fingerprint density at radius 1 is 1.50 bits per heavy atom. The zero-order valence-electron chi connectivity index (χ0n) is 11.2. The maximum absolute atomic E-state index is 11.2. The Balaban J connectivity index is 2.24. The van der Waals surface area contributed by atoms with E-state index >= 15 is 0 Å². The summed E-state index contributed by atoms with van der Waals surface area (Å²) < 4.78 is 0. The molecule has 0 unspecified atom stereocenters. The van der Waals surface area contributed by atoms with Crippen molar-refractivity contribution in [1.29, 1.82) is 0 Å². The van der Waals surface area contributed by atoms with Crippen LogP contribution in [0, 0.1) is 17.0 Å². The third kappa shape index (κ3) is 3.02. The number of nitrogens with zero attached hydrogens (tertiary/aromatic N) is 4. The molecule has 0 bridgehead atoms. The van der Waals surface area contributed by atoms with E-state index in [1.165, 1.54) is 4.88 Å². The highest BCUT2D eigenvalue weighted by Crippen LogP contribution is 2.28. The van der Waals surface area contributed by atoms with Crippen molar-refractivity contribution >= 4 is 28.8 Å². The molecule has 0 aliphatic carbocycles. The van der Waals surface area contributed by atoms with Crippen molar-refractivity contribution in [2.45, 2.75) is 13.3 Å². The van der Waals surface area contributed by atoms with Crippen LogP contribution < -0.4 is 10.6 Å². The zero-order chi connectivity index (χ0) is 14.7. The molecule has 2 N–H and O–H groups in total. The summed E-state index contributed by atoms with van der Waals surface area (Å²) in [5.41, 5.74) is 5.78. The SMILES string of the molecule is Cc1nc(N)nc(N(C)CCc2cccs2)c1[N+](=O)[O-]. The summed E-state index contributed by atoms with van der Waals surface area (Å²) in [6.07, 6.45) is 0.800. The lowest BCUT2D eigenvalue weighted by Gasteiger charge is -2.18. The smallest absolute Gasteiger partial charge is 0.332 e. The molecular weight excluding hydrogens is 278 g/mol. The fraction of sp³-hybridized carbons (Fsp3) is 0.333. The molecule has 0 amide bonds. The second kappa shape index (κ2) is 5.83. The Morgan fingerprint density at radius 2 is 2.25 bits per heavy atom. The molecule has 0 fully saturated rings. The van der Waals surface area contributed by atoms with Crippen molar-refractivity contribution in [2.24, 2.45) is 0 Å². The normalized spacial score (nSPS) is 10.5. The second-order valence-corrected chi connectivity index (χ2v) is 5.38. The molecule has 0 aliphatic heterocycles. The average Bonchev–Trinajstić information content (AvgIpc) is 2.87. The van der Waals surface area contributed by atoms with Crippen LogP contribution in [0.25, 0.3) is 0 Å². The molecule has 2 aromatic rings. The van der Waals surface area contributed by atoms with E-state index < -0.39 is 4.92 Å². The number of aromatic nitrogens is 2. The van der Waals surface area contributed by atoms with E-state index in [1.54, 1.807) is 30.2 Å². The Labute approximate surface area is 120 Å². The van der Waals surface area contributed by atoms with Gasteiger partial charge in [0.05, 0.1) is 4.92 Å². The van der Waals surface area contributed by atoms with Crippen LogP contribution in [-0.2, 0) is 6.42 Å². The summed E-state index contributed by atoms with van der Waals surface area (Å²) in [6, 6.07) is 4.02. The van der Waals surface area contributed by atoms with Crippen LogP contribution >= 0.6 is 11.3 Å². The Kier molecular flexibility index (Phi) is 4.14. The fourth-order valence-electron chi connectivity index (χ4n) is 1.89. The number of hydrogen-bond donors (Lipinski definition) is 1. The number of rotatable bonds is 5. The number of nitrogen functional groups attached to an aromatic ring is 1. The summed E-state index contributed by atoms with van der Waals surface area (Å²) in [6.45, 7) is 2.18. The lowest BCUT2D eigenvalue weighted by atomic mass is 10.3. The first-order valence-corrected chi connectivity index (χ1v) is 6.89. The van der Waals surface area contributed by atoms with E-state index in [2.05, 4.69) is 9.97 Å². The van der Waals surface area contributed by atoms with Gasteiger partial charge in [-0.05, 0) is 24.8 Å². The zero-order valence-corrected chi connectivity index (χ0v) is 12.1. The Morgan fingerprint density at radius 3 is 2.85 bits per heavy atom. The predicted octanol–water partition coefficient (Wildman–Crippen LogP) is 2.02. The summed E-state index contributed by atoms with van der Waals surface area (Å²) in [5.74, 6) is 0.308. The van der Waals surface area contributed by atoms with E-state index in [-0.39, 0.29) is 23.1 Å². The van der Waals surface area contributed by atoms with Gasteiger partial charge in [-0.1, -0.05) is 6.07 Å². The molecule has 0 saturated heterocycles. The van der Waals surface area contributed by atoms with Gasteiger partial charge in [0, 0.05) is 18.5 Å². The lowest BCUT2D eigenvalue weighted by Crippen LogP contribution is -2.23. The van der Waals surface area contributed by atoms with Crippen LogP contribution in [0.5, 0.6) is 0 Å². The van der Waals surface area contributed by atoms with E-state index in [0.717, 1.165) is 6.42 Å². The molecule has 0 aliphatic rings. The first-order valence-electron chi connectivity index (χ1n) is 6.01. The largest absolute Gasteiger partial charge is 0.368 e. The lowest BCUT2D eigenvalue weighted by molar-refractivity contribution is -0.385. The van der Waals surface area contributed by atoms with Crippen LogP contribution in [0.4, 0.5) is 17.5 Å². The van der Waals surface area contributed by atoms with Gasteiger partial charge in [-0.2, -0.15) is 4.98 Å². The van der Waals surface area contributed by atoms with Gasteiger partial charge in [0.1, 0.15) is 5.69 Å². The highest BCUT2D eigenvalue weighted by molar-refractivity contribution is 7.09. The van der Waals surface area contributed by atoms with E-state index in [1.807, 2.05) is 17.5 Å². The van der Waals surface area contributed by atoms with Gasteiger partial charge >= 0.3 is 5.69 Å². The van der Waals surface area contributed by atoms with Crippen LogP contribution in [0.15, 0.2) is 17.5 Å². The number of nitro groups is 1. The van der Waals surface area contributed by atoms with Gasteiger partial charge in [0.2, 0.25) is 11.8 Å². The maximum Gasteiger partial charge on any atom is 0.332 e. The molecule has 0 saturated carbocycles. The molecule has 2 rings (SSSR count). The fourth-order valence-corrected chi connectivity index (χ4v) is 2.59. The average molecular weight is 293 g/mol. The first-order chi connectivity index (χ1) is 9.49. The van der Waals surface area contributed by atoms with Gasteiger partial charge in [-0.3, -0.25) is 10.1 Å². The monoisotopic (exact) mass is 293 g/mol. The van der Waals surface area contributed by atoms with Gasteiger partial charge in [-0.25, -0.2) is 4.98 Å². The number of hydrogen-bond acceptors (Lipinski definition) is 7. The standard InChI is InChI=1S/C12H15N5O2S/c1-8-10(17(18)19)11(15-12(13)14-8)16(2)6-5-9-4-3-7-20-9/h3-4,7H,5-6H2,1-2H3,(H2,13,14,15). The molecular formula is C12H15N5O2S. The quantitative estimate of drug-likeness (QED) is 0.669. The van der Waals surface area contributed by atoms with Crippen LogP contribution in [0.2, 0.25) is 0 Å². The number of thiophene rings is 1. The van der Waals surface area contributed by atoms with Gasteiger partial charge in [0.15, 0.2) is 0 Å². The van der Waals surface area contributed by atoms with Crippen molar-refractivity contribution in [3.8, 4) is 0 Å². The number of anilines is 2. The van der Waals surface area contributed by atoms with Gasteiger partial charge in [-0.15, -0.1) is 11.3 Å². The number of likely N-dealkylation sites (N-methyl/N-ethyl adjacent to an activating group) is 1. The van der Waals surface area contributed by atoms with Crippen LogP contribution in [-0.4, -0.2) is 28.5 Å². The Hall–Kier alpha value is -2.22. The molecule has 0 atom stereocenters. The first kappa shape index (κ1) is 14.2. The Bertz CT molecular complexity index is 615. The van der Waals surface area contributed by atoms with E-state index in [0.29, 0.717) is 6.54 Å². The number of aryl methyl sites for hydroxylation is 1. The topological polar surface area (TPSA) is 98.2 Å². The minimum absolute atomic E-state index is 0.0473. The molecule has 0 spiro atoms. The van der Waals surface area contributed by atoms with E-state index in [9.17, 15) is 10.1 Å². The molecule has 2 aromatic heterocycles. The van der Waals surface area contributed by atoms with Crippen LogP contribution in [0.3, 0.4) is 0 Å². The summed E-state index contributed by atoms with van der Waals surface area (Å²) in [7, 11) is 1.77. The third-order valence-corrected chi connectivity index (χ3v) is 3.81. The predicted molar refractivity (Wildman–Crippen MR) is 79.1 cm³/mol. The minimum Gasteiger partial charge on any atom is -0.368 e. The second-order valence-electron chi connectivity index (χ2n) is 4.35. The molecule has 20 heavy (non-hydrogen) atoms. The molecule has 0 aromatic carbocycles. The van der Waals surface area contributed by atoms with Gasteiger partial charge < -0.3 is 10.6 Å². The van der Waals surface area contributed by atoms with Crippen molar-refractivity contribution < 1.29 is 4.92 Å². The summed E-state index contributed by atoms with van der Waals surface area (Å²) in [5, 5.41) is 13.2. The highest BCUT2D eigenvalue weighted by atomic mass is 32.1. The summed E-state index contributed by atoms with van der Waals surface area (Å²) in [4.78, 5) is 21.5. The molecule has 8 heteroatoms. The summed E-state index contributed by atoms with van der Waals surface area (Å²) >= 11 is 1.66. The van der Waals surface area contributed by atoms with Crippen molar-refractivity contribution in [2.75, 3.05) is 24.2 Å². The molecule has 2 heterocycles. The van der Waals surface area contributed by atoms with Crippen molar-refractivity contribution in [3.63, 3.8) is 0 Å².